The number of carbonyl (C=O) groups is 1. The Morgan fingerprint density at radius 3 is 2.48 bits per heavy atom. The Kier molecular flexibility index (Phi) is 5.17. The van der Waals surface area contributed by atoms with Gasteiger partial charge >= 0.3 is 5.97 Å². The number of rotatable bonds is 5. The van der Waals surface area contributed by atoms with Gasteiger partial charge in [-0.05, 0) is 62.1 Å². The summed E-state index contributed by atoms with van der Waals surface area (Å²) in [6.45, 7) is 3.86. The highest BCUT2D eigenvalue weighted by Gasteiger charge is 2.32. The van der Waals surface area contributed by atoms with E-state index in [1.165, 1.54) is 18.2 Å². The number of halogens is 1. The van der Waals surface area contributed by atoms with Crippen molar-refractivity contribution in [1.82, 2.24) is 0 Å². The van der Waals surface area contributed by atoms with Crippen LogP contribution in [0.1, 0.15) is 42.5 Å². The predicted molar refractivity (Wildman–Crippen MR) is 94.4 cm³/mol. The minimum Gasteiger partial charge on any atom is -0.480 e. The van der Waals surface area contributed by atoms with Crippen LogP contribution in [-0.4, -0.2) is 11.6 Å². The second-order valence-corrected chi connectivity index (χ2v) is 6.28. The minimum atomic E-state index is -0.568. The van der Waals surface area contributed by atoms with Gasteiger partial charge in [-0.2, -0.15) is 0 Å². The molecule has 0 unspecified atom stereocenters. The summed E-state index contributed by atoms with van der Waals surface area (Å²) in [5, 5.41) is 0. The first-order valence-electron chi connectivity index (χ1n) is 8.51. The second-order valence-electron chi connectivity index (χ2n) is 6.28. The van der Waals surface area contributed by atoms with Crippen molar-refractivity contribution in [3.63, 3.8) is 0 Å². The van der Waals surface area contributed by atoms with Crippen LogP contribution in [0.5, 0.6) is 11.5 Å². The number of carbonyl (C=O) groups excluding carboxylic acids is 1. The molecule has 0 N–H and O–H groups in total. The molecule has 0 saturated heterocycles. The van der Waals surface area contributed by atoms with Crippen LogP contribution in [0.25, 0.3) is 0 Å². The van der Waals surface area contributed by atoms with Crippen LogP contribution in [0.4, 0.5) is 4.39 Å². The summed E-state index contributed by atoms with van der Waals surface area (Å²) in [7, 11) is 0. The van der Waals surface area contributed by atoms with Crippen molar-refractivity contribution < 1.29 is 18.7 Å². The highest BCUT2D eigenvalue weighted by molar-refractivity contribution is 5.91. The molecule has 1 aliphatic rings. The van der Waals surface area contributed by atoms with E-state index >= 15 is 0 Å². The van der Waals surface area contributed by atoms with Crippen molar-refractivity contribution >= 4 is 5.97 Å². The molecule has 0 spiro atoms. The van der Waals surface area contributed by atoms with Crippen LogP contribution < -0.4 is 9.47 Å². The van der Waals surface area contributed by atoms with Gasteiger partial charge in [-0.1, -0.05) is 31.2 Å². The molecule has 0 aromatic heterocycles. The molecule has 3 rings (SSSR count). The highest BCUT2D eigenvalue weighted by atomic mass is 19.1. The van der Waals surface area contributed by atoms with Crippen LogP contribution in [0.15, 0.2) is 61.2 Å². The first-order chi connectivity index (χ1) is 12.1. The van der Waals surface area contributed by atoms with E-state index in [0.29, 0.717) is 5.75 Å². The average Bonchev–Trinajstić information content (AvgIpc) is 2.65. The van der Waals surface area contributed by atoms with Crippen LogP contribution in [-0.2, 0) is 0 Å². The minimum absolute atomic E-state index is 0.0595. The molecule has 0 amide bonds. The summed E-state index contributed by atoms with van der Waals surface area (Å²) in [6, 6.07) is 12.8. The van der Waals surface area contributed by atoms with Gasteiger partial charge in [0.2, 0.25) is 0 Å². The van der Waals surface area contributed by atoms with Gasteiger partial charge < -0.3 is 9.47 Å². The largest absolute Gasteiger partial charge is 0.480 e. The Morgan fingerprint density at radius 1 is 1.08 bits per heavy atom. The predicted octanol–water partition coefficient (Wildman–Crippen LogP) is 5.31. The molecule has 25 heavy (non-hydrogen) atoms. The number of esters is 1. The third-order valence-corrected chi connectivity index (χ3v) is 4.51. The Bertz CT molecular complexity index is 749. The number of ether oxygens (including phenoxy) is 2. The summed E-state index contributed by atoms with van der Waals surface area (Å²) in [5.41, 5.74) is -0.323. The first-order valence-corrected chi connectivity index (χ1v) is 8.51. The van der Waals surface area contributed by atoms with Crippen LogP contribution in [0, 0.1) is 5.82 Å². The van der Waals surface area contributed by atoms with E-state index in [1.54, 1.807) is 30.3 Å². The zero-order chi connectivity index (χ0) is 17.7. The van der Waals surface area contributed by atoms with Crippen molar-refractivity contribution in [2.24, 2.45) is 0 Å². The monoisotopic (exact) mass is 340 g/mol. The van der Waals surface area contributed by atoms with Gasteiger partial charge in [0.05, 0.1) is 5.56 Å². The van der Waals surface area contributed by atoms with Crippen molar-refractivity contribution in [2.45, 2.75) is 37.7 Å². The van der Waals surface area contributed by atoms with E-state index in [9.17, 15) is 9.18 Å². The SMILES string of the molecule is C=CC1(Oc2cc(C(=O)Oc3ccccc3)ccc2F)CCCCC1. The summed E-state index contributed by atoms with van der Waals surface area (Å²) < 4.78 is 25.5. The zero-order valence-corrected chi connectivity index (χ0v) is 14.0. The summed E-state index contributed by atoms with van der Waals surface area (Å²) in [6.07, 6.45) is 6.53. The Labute approximate surface area is 147 Å². The summed E-state index contributed by atoms with van der Waals surface area (Å²) in [5.74, 6) is -0.547. The molecular weight excluding hydrogens is 319 g/mol. The molecule has 0 heterocycles. The second kappa shape index (κ2) is 7.51. The lowest BCUT2D eigenvalue weighted by molar-refractivity contribution is 0.0700. The summed E-state index contributed by atoms with van der Waals surface area (Å²) >= 11 is 0. The molecule has 0 atom stereocenters. The van der Waals surface area contributed by atoms with E-state index in [2.05, 4.69) is 6.58 Å². The van der Waals surface area contributed by atoms with Crippen molar-refractivity contribution in [3.8, 4) is 11.5 Å². The first kappa shape index (κ1) is 17.2. The fraction of sp³-hybridized carbons (Fsp3) is 0.286. The quantitative estimate of drug-likeness (QED) is 0.420. The van der Waals surface area contributed by atoms with E-state index in [4.69, 9.17) is 9.47 Å². The lowest BCUT2D eigenvalue weighted by Crippen LogP contribution is -2.36. The Hall–Kier alpha value is -2.62. The molecule has 3 nitrogen and oxygen atoms in total. The van der Waals surface area contributed by atoms with Gasteiger partial charge in [-0.15, -0.1) is 0 Å². The van der Waals surface area contributed by atoms with Crippen LogP contribution in [0.2, 0.25) is 0 Å². The lowest BCUT2D eigenvalue weighted by atomic mass is 9.84. The molecule has 130 valence electrons. The average molecular weight is 340 g/mol. The molecule has 0 bridgehead atoms. The van der Waals surface area contributed by atoms with Gasteiger partial charge in [0.1, 0.15) is 11.4 Å². The van der Waals surface area contributed by atoms with Crippen molar-refractivity contribution in [2.75, 3.05) is 0 Å². The maximum Gasteiger partial charge on any atom is 0.343 e. The van der Waals surface area contributed by atoms with E-state index < -0.39 is 17.4 Å². The van der Waals surface area contributed by atoms with Gasteiger partial charge in [0.15, 0.2) is 11.6 Å². The molecule has 4 heteroatoms. The van der Waals surface area contributed by atoms with E-state index in [-0.39, 0.29) is 11.3 Å². The Morgan fingerprint density at radius 2 is 1.80 bits per heavy atom. The van der Waals surface area contributed by atoms with Crippen molar-refractivity contribution in [3.05, 3.63) is 72.6 Å². The van der Waals surface area contributed by atoms with Crippen molar-refractivity contribution in [1.29, 1.82) is 0 Å². The van der Waals surface area contributed by atoms with Gasteiger partial charge in [-0.25, -0.2) is 9.18 Å². The van der Waals surface area contributed by atoms with Gasteiger partial charge in [0.25, 0.3) is 0 Å². The van der Waals surface area contributed by atoms with E-state index in [0.717, 1.165) is 32.1 Å². The van der Waals surface area contributed by atoms with Crippen LogP contribution in [0.3, 0.4) is 0 Å². The third kappa shape index (κ3) is 4.08. The molecule has 2 aromatic rings. The molecular formula is C21H21FO3. The standard InChI is InChI=1S/C21H21FO3/c1-2-21(13-7-4-8-14-21)25-19-15-16(11-12-18(19)22)20(23)24-17-9-5-3-6-10-17/h2-3,5-6,9-12,15H,1,4,7-8,13-14H2. The number of para-hydroxylation sites is 1. The fourth-order valence-corrected chi connectivity index (χ4v) is 3.08. The topological polar surface area (TPSA) is 35.5 Å². The van der Waals surface area contributed by atoms with Crippen LogP contribution >= 0.6 is 0 Å². The smallest absolute Gasteiger partial charge is 0.343 e. The third-order valence-electron chi connectivity index (χ3n) is 4.51. The lowest BCUT2D eigenvalue weighted by Gasteiger charge is -2.35. The zero-order valence-electron chi connectivity index (χ0n) is 14.0. The molecule has 0 radical (unpaired) electrons. The molecule has 1 fully saturated rings. The Balaban J connectivity index is 1.80. The molecule has 1 aliphatic carbocycles. The summed E-state index contributed by atoms with van der Waals surface area (Å²) in [4.78, 5) is 12.3. The van der Waals surface area contributed by atoms with E-state index in [1.807, 2.05) is 6.07 Å². The maximum atomic E-state index is 14.2. The molecule has 2 aromatic carbocycles. The molecule has 1 saturated carbocycles. The highest BCUT2D eigenvalue weighted by Crippen LogP contribution is 2.35. The number of hydrogen-bond acceptors (Lipinski definition) is 3. The normalized spacial score (nSPS) is 16.0. The van der Waals surface area contributed by atoms with Gasteiger partial charge in [-0.3, -0.25) is 0 Å². The maximum absolute atomic E-state index is 14.2. The fourth-order valence-electron chi connectivity index (χ4n) is 3.08. The number of benzene rings is 2. The van der Waals surface area contributed by atoms with Gasteiger partial charge in [0, 0.05) is 0 Å². The number of hydrogen-bond donors (Lipinski definition) is 0. The molecule has 0 aliphatic heterocycles.